The van der Waals surface area contributed by atoms with Gasteiger partial charge in [-0.1, -0.05) is 6.07 Å². The first-order valence-electron chi connectivity index (χ1n) is 9.44. The minimum atomic E-state index is 0.0433. The van der Waals surface area contributed by atoms with Gasteiger partial charge in [0.25, 0.3) is 0 Å². The van der Waals surface area contributed by atoms with Gasteiger partial charge in [0.05, 0.1) is 12.1 Å². The van der Waals surface area contributed by atoms with E-state index in [1.165, 1.54) is 5.56 Å². The van der Waals surface area contributed by atoms with E-state index in [9.17, 15) is 4.79 Å². The minimum absolute atomic E-state index is 0.0433. The molecule has 7 heteroatoms. The Morgan fingerprint density at radius 3 is 2.81 bits per heavy atom. The van der Waals surface area contributed by atoms with Crippen molar-refractivity contribution in [3.8, 4) is 0 Å². The molecule has 0 aromatic carbocycles. The van der Waals surface area contributed by atoms with E-state index in [-0.39, 0.29) is 18.2 Å². The van der Waals surface area contributed by atoms with E-state index in [0.29, 0.717) is 19.2 Å². The molecule has 0 saturated carbocycles. The first-order chi connectivity index (χ1) is 12.7. The Morgan fingerprint density at radius 1 is 1.35 bits per heavy atom. The third-order valence-electron chi connectivity index (χ3n) is 5.45. The molecule has 2 fully saturated rings. The molecule has 144 valence electrons. The zero-order valence-electron chi connectivity index (χ0n) is 15.8. The van der Waals surface area contributed by atoms with Crippen LogP contribution >= 0.6 is 0 Å². The summed E-state index contributed by atoms with van der Waals surface area (Å²) in [4.78, 5) is 20.9. The Morgan fingerprint density at radius 2 is 2.15 bits per heavy atom. The fourth-order valence-corrected chi connectivity index (χ4v) is 3.96. The van der Waals surface area contributed by atoms with Crippen molar-refractivity contribution in [2.45, 2.75) is 37.5 Å². The molecule has 2 unspecified atom stereocenters. The first kappa shape index (κ1) is 19.1. The number of hydrogen-bond donors (Lipinski definition) is 1. The van der Waals surface area contributed by atoms with Gasteiger partial charge in [-0.2, -0.15) is 0 Å². The molecule has 2 saturated heterocycles. The van der Waals surface area contributed by atoms with Gasteiger partial charge in [-0.15, -0.1) is 0 Å². The van der Waals surface area contributed by atoms with Crippen molar-refractivity contribution in [1.29, 1.82) is 0 Å². The molecular formula is C19H30N4O3. The number of carbonyl (C=O) groups excluding carboxylic acids is 1. The molecule has 0 spiro atoms. The molecular weight excluding hydrogens is 332 g/mol. The van der Waals surface area contributed by atoms with Crippen LogP contribution in [0.4, 0.5) is 4.79 Å². The highest BCUT2D eigenvalue weighted by Crippen LogP contribution is 2.39. The number of likely N-dealkylation sites (tertiary alicyclic amines) is 2. The van der Waals surface area contributed by atoms with Crippen molar-refractivity contribution < 1.29 is 14.3 Å². The molecule has 0 aliphatic carbocycles. The van der Waals surface area contributed by atoms with E-state index in [0.717, 1.165) is 38.9 Å². The number of nitrogens with zero attached hydrogens (tertiary/aromatic N) is 3. The van der Waals surface area contributed by atoms with Crippen LogP contribution in [-0.2, 0) is 9.47 Å². The number of aromatic nitrogens is 1. The predicted octanol–water partition coefficient (Wildman–Crippen LogP) is 1.66. The lowest BCUT2D eigenvalue weighted by atomic mass is 9.88. The Balaban J connectivity index is 1.49. The van der Waals surface area contributed by atoms with Crippen molar-refractivity contribution >= 4 is 6.03 Å². The lowest BCUT2D eigenvalue weighted by Crippen LogP contribution is -2.61. The lowest BCUT2D eigenvalue weighted by Gasteiger charge is -2.52. The van der Waals surface area contributed by atoms with Crippen molar-refractivity contribution in [3.63, 3.8) is 0 Å². The number of pyridine rings is 1. The van der Waals surface area contributed by atoms with Crippen molar-refractivity contribution in [2.75, 3.05) is 47.0 Å². The number of hydrogen-bond acceptors (Lipinski definition) is 5. The third kappa shape index (κ3) is 4.34. The summed E-state index contributed by atoms with van der Waals surface area (Å²) in [5, 5.41) is 2.98. The molecule has 1 aromatic rings. The van der Waals surface area contributed by atoms with Crippen LogP contribution in [0, 0.1) is 0 Å². The summed E-state index contributed by atoms with van der Waals surface area (Å²) in [5.74, 6) is 0. The topological polar surface area (TPSA) is 66.9 Å². The van der Waals surface area contributed by atoms with E-state index in [1.54, 1.807) is 20.4 Å². The number of methoxy groups -OCH3 is 2. The van der Waals surface area contributed by atoms with Gasteiger partial charge in [-0.05, 0) is 30.9 Å². The fourth-order valence-electron chi connectivity index (χ4n) is 3.96. The van der Waals surface area contributed by atoms with Crippen LogP contribution < -0.4 is 5.32 Å². The highest BCUT2D eigenvalue weighted by Gasteiger charge is 2.44. The van der Waals surface area contributed by atoms with E-state index in [1.807, 2.05) is 17.2 Å². The number of carbonyl (C=O) groups is 1. The van der Waals surface area contributed by atoms with Gasteiger partial charge < -0.3 is 19.7 Å². The molecule has 2 atom stereocenters. The normalized spacial score (nSPS) is 24.3. The van der Waals surface area contributed by atoms with Gasteiger partial charge in [-0.3, -0.25) is 9.88 Å². The zero-order chi connectivity index (χ0) is 18.4. The molecule has 1 aromatic heterocycles. The fraction of sp³-hybridized carbons (Fsp3) is 0.684. The second kappa shape index (κ2) is 9.30. The van der Waals surface area contributed by atoms with Crippen molar-refractivity contribution in [2.24, 2.45) is 0 Å². The average molecular weight is 362 g/mol. The predicted molar refractivity (Wildman–Crippen MR) is 99.0 cm³/mol. The maximum atomic E-state index is 12.2. The molecule has 2 aliphatic rings. The summed E-state index contributed by atoms with van der Waals surface area (Å²) in [7, 11) is 3.46. The number of ether oxygens (including phenoxy) is 2. The van der Waals surface area contributed by atoms with Crippen molar-refractivity contribution in [1.82, 2.24) is 20.1 Å². The molecule has 0 radical (unpaired) electrons. The number of rotatable bonds is 7. The van der Waals surface area contributed by atoms with Gasteiger partial charge in [0.2, 0.25) is 0 Å². The summed E-state index contributed by atoms with van der Waals surface area (Å²) < 4.78 is 10.7. The third-order valence-corrected chi connectivity index (χ3v) is 5.45. The highest BCUT2D eigenvalue weighted by molar-refractivity contribution is 5.74. The van der Waals surface area contributed by atoms with Crippen molar-refractivity contribution in [3.05, 3.63) is 30.1 Å². The standard InChI is InChI=1S/C19H30N4O3/c1-25-12-4-9-21-19(24)22-10-6-16(7-11-22)23-14-17(26-2)18(23)15-5-3-8-20-13-15/h3,5,8,13,16-18H,4,6-7,9-12,14H2,1-2H3,(H,21,24). The largest absolute Gasteiger partial charge is 0.385 e. The second-order valence-corrected chi connectivity index (χ2v) is 7.00. The zero-order valence-corrected chi connectivity index (χ0v) is 15.8. The van der Waals surface area contributed by atoms with Crippen LogP contribution in [-0.4, -0.2) is 80.0 Å². The summed E-state index contributed by atoms with van der Waals surface area (Å²) in [5.41, 5.74) is 1.21. The molecule has 0 bridgehead atoms. The minimum Gasteiger partial charge on any atom is -0.385 e. The molecule has 7 nitrogen and oxygen atoms in total. The highest BCUT2D eigenvalue weighted by atomic mass is 16.5. The van der Waals surface area contributed by atoms with Gasteiger partial charge in [0.1, 0.15) is 0 Å². The summed E-state index contributed by atoms with van der Waals surface area (Å²) >= 11 is 0. The monoisotopic (exact) mass is 362 g/mol. The molecule has 1 N–H and O–H groups in total. The Labute approximate surface area is 155 Å². The molecule has 2 aliphatic heterocycles. The Hall–Kier alpha value is -1.70. The van der Waals surface area contributed by atoms with Gasteiger partial charge in [0, 0.05) is 65.4 Å². The SMILES string of the molecule is COCCCNC(=O)N1CCC(N2CC(OC)C2c2cccnc2)CC1. The van der Waals surface area contributed by atoms with E-state index < -0.39 is 0 Å². The van der Waals surface area contributed by atoms with E-state index >= 15 is 0 Å². The van der Waals surface area contributed by atoms with Gasteiger partial charge in [-0.25, -0.2) is 4.79 Å². The van der Waals surface area contributed by atoms with Crippen LogP contribution in [0.25, 0.3) is 0 Å². The maximum absolute atomic E-state index is 12.2. The number of nitrogens with one attached hydrogen (secondary N) is 1. The maximum Gasteiger partial charge on any atom is 0.317 e. The number of urea groups is 1. The van der Waals surface area contributed by atoms with E-state index in [4.69, 9.17) is 9.47 Å². The van der Waals surface area contributed by atoms with Crippen LogP contribution in [0.3, 0.4) is 0 Å². The van der Waals surface area contributed by atoms with Crippen LogP contribution in [0.2, 0.25) is 0 Å². The quantitative estimate of drug-likeness (QED) is 0.748. The average Bonchev–Trinajstić information content (AvgIpc) is 2.66. The van der Waals surface area contributed by atoms with Crippen LogP contribution in [0.15, 0.2) is 24.5 Å². The number of piperidine rings is 1. The summed E-state index contributed by atoms with van der Waals surface area (Å²) in [6.07, 6.45) is 6.81. The second-order valence-electron chi connectivity index (χ2n) is 7.00. The Kier molecular flexibility index (Phi) is 6.82. The molecule has 26 heavy (non-hydrogen) atoms. The molecule has 3 rings (SSSR count). The van der Waals surface area contributed by atoms with E-state index in [2.05, 4.69) is 21.3 Å². The number of amides is 2. The van der Waals surface area contributed by atoms with Gasteiger partial charge in [0.15, 0.2) is 0 Å². The molecule has 3 heterocycles. The van der Waals surface area contributed by atoms with Crippen LogP contribution in [0.5, 0.6) is 0 Å². The summed E-state index contributed by atoms with van der Waals surface area (Å²) in [6, 6.07) is 4.91. The molecule has 2 amide bonds. The first-order valence-corrected chi connectivity index (χ1v) is 9.44. The smallest absolute Gasteiger partial charge is 0.317 e. The Bertz CT molecular complexity index is 563. The lowest BCUT2D eigenvalue weighted by molar-refractivity contribution is -0.115. The van der Waals surface area contributed by atoms with Crippen LogP contribution in [0.1, 0.15) is 30.9 Å². The van der Waals surface area contributed by atoms with Gasteiger partial charge >= 0.3 is 6.03 Å². The summed E-state index contributed by atoms with van der Waals surface area (Å²) in [6.45, 7) is 3.89.